The molecule has 6 nitrogen and oxygen atoms in total. The summed E-state index contributed by atoms with van der Waals surface area (Å²) in [7, 11) is 0. The maximum absolute atomic E-state index is 13.2. The lowest BCUT2D eigenvalue weighted by Gasteiger charge is -2.09. The fraction of sp³-hybridized carbons (Fsp3) is 0.133. The van der Waals surface area contributed by atoms with Gasteiger partial charge in [-0.2, -0.15) is 0 Å². The molecular formula is C15H13BrFN3O3. The molecule has 0 saturated carbocycles. The first-order valence-corrected chi connectivity index (χ1v) is 7.49. The zero-order valence-electron chi connectivity index (χ0n) is 11.9. The van der Waals surface area contributed by atoms with Gasteiger partial charge in [-0.05, 0) is 40.2 Å². The maximum atomic E-state index is 13.2. The Balaban J connectivity index is 1.90. The highest BCUT2D eigenvalue weighted by Crippen LogP contribution is 2.22. The Morgan fingerprint density at radius 2 is 1.96 bits per heavy atom. The van der Waals surface area contributed by atoms with Crippen LogP contribution < -0.4 is 10.6 Å². The molecule has 0 saturated heterocycles. The lowest BCUT2D eigenvalue weighted by atomic mass is 10.2. The van der Waals surface area contributed by atoms with Gasteiger partial charge in [0.1, 0.15) is 11.5 Å². The molecule has 1 amide bonds. The Bertz CT molecular complexity index is 740. The fourth-order valence-electron chi connectivity index (χ4n) is 1.92. The SMILES string of the molecule is O=C(NCCNc1ccccc1[N+](=O)[O-])c1cc(F)ccc1Br. The van der Waals surface area contributed by atoms with Crippen molar-refractivity contribution in [3.05, 3.63) is 68.4 Å². The summed E-state index contributed by atoms with van der Waals surface area (Å²) >= 11 is 3.18. The minimum absolute atomic E-state index is 0.0355. The highest BCUT2D eigenvalue weighted by molar-refractivity contribution is 9.10. The molecule has 2 N–H and O–H groups in total. The summed E-state index contributed by atoms with van der Waals surface area (Å²) in [5.41, 5.74) is 0.529. The average Bonchev–Trinajstić information content (AvgIpc) is 2.53. The number of rotatable bonds is 6. The first-order chi connectivity index (χ1) is 11.0. The summed E-state index contributed by atoms with van der Waals surface area (Å²) in [6.07, 6.45) is 0. The highest BCUT2D eigenvalue weighted by Gasteiger charge is 2.13. The largest absolute Gasteiger partial charge is 0.378 e. The number of hydrogen-bond acceptors (Lipinski definition) is 4. The van der Waals surface area contributed by atoms with E-state index in [-0.39, 0.29) is 17.8 Å². The first-order valence-electron chi connectivity index (χ1n) is 6.69. The van der Waals surface area contributed by atoms with Gasteiger partial charge in [-0.1, -0.05) is 12.1 Å². The molecule has 120 valence electrons. The molecule has 0 aliphatic rings. The van der Waals surface area contributed by atoms with E-state index in [1.807, 2.05) is 0 Å². The van der Waals surface area contributed by atoms with Gasteiger partial charge in [-0.15, -0.1) is 0 Å². The van der Waals surface area contributed by atoms with Crippen molar-refractivity contribution >= 4 is 33.2 Å². The smallest absolute Gasteiger partial charge is 0.292 e. The Kier molecular flexibility index (Phi) is 5.64. The Morgan fingerprint density at radius 1 is 1.22 bits per heavy atom. The number of nitrogens with zero attached hydrogens (tertiary/aromatic N) is 1. The summed E-state index contributed by atoms with van der Waals surface area (Å²) in [5, 5.41) is 16.4. The number of anilines is 1. The van der Waals surface area contributed by atoms with Crippen molar-refractivity contribution in [1.29, 1.82) is 0 Å². The van der Waals surface area contributed by atoms with Crippen molar-refractivity contribution in [2.75, 3.05) is 18.4 Å². The van der Waals surface area contributed by atoms with Crippen molar-refractivity contribution in [2.24, 2.45) is 0 Å². The molecule has 0 aliphatic carbocycles. The molecule has 2 rings (SSSR count). The maximum Gasteiger partial charge on any atom is 0.292 e. The van der Waals surface area contributed by atoms with Gasteiger partial charge in [0.15, 0.2) is 0 Å². The van der Waals surface area contributed by atoms with E-state index in [0.717, 1.165) is 6.07 Å². The van der Waals surface area contributed by atoms with E-state index in [2.05, 4.69) is 26.6 Å². The number of carbonyl (C=O) groups is 1. The average molecular weight is 382 g/mol. The third-order valence-corrected chi connectivity index (χ3v) is 3.69. The van der Waals surface area contributed by atoms with Crippen LogP contribution in [-0.4, -0.2) is 23.9 Å². The van der Waals surface area contributed by atoms with Gasteiger partial charge in [0.05, 0.1) is 10.5 Å². The number of para-hydroxylation sites is 2. The number of nitrogens with one attached hydrogen (secondary N) is 2. The van der Waals surface area contributed by atoms with Crippen LogP contribution in [0.1, 0.15) is 10.4 Å². The summed E-state index contributed by atoms with van der Waals surface area (Å²) in [6, 6.07) is 10.1. The van der Waals surface area contributed by atoms with Crippen molar-refractivity contribution in [2.45, 2.75) is 0 Å². The molecule has 0 atom stereocenters. The van der Waals surface area contributed by atoms with Crippen LogP contribution >= 0.6 is 15.9 Å². The molecule has 23 heavy (non-hydrogen) atoms. The molecule has 2 aromatic rings. The second kappa shape index (κ2) is 7.68. The summed E-state index contributed by atoms with van der Waals surface area (Å²) in [6.45, 7) is 0.525. The standard InChI is InChI=1S/C15H13BrFN3O3/c16-12-6-5-10(17)9-11(12)15(21)19-8-7-18-13-3-1-2-4-14(13)20(22)23/h1-6,9,18H,7-8H2,(H,19,21). The lowest BCUT2D eigenvalue weighted by Crippen LogP contribution is -2.29. The Morgan fingerprint density at radius 3 is 2.70 bits per heavy atom. The molecule has 0 radical (unpaired) electrons. The van der Waals surface area contributed by atoms with Crippen molar-refractivity contribution < 1.29 is 14.1 Å². The molecule has 0 aliphatic heterocycles. The minimum Gasteiger partial charge on any atom is -0.378 e. The van der Waals surface area contributed by atoms with Gasteiger partial charge < -0.3 is 10.6 Å². The van der Waals surface area contributed by atoms with Crippen LogP contribution in [0.15, 0.2) is 46.9 Å². The zero-order chi connectivity index (χ0) is 16.8. The van der Waals surface area contributed by atoms with Crippen LogP contribution in [0.5, 0.6) is 0 Å². The van der Waals surface area contributed by atoms with Gasteiger partial charge in [-0.25, -0.2) is 4.39 Å². The van der Waals surface area contributed by atoms with E-state index in [1.54, 1.807) is 18.2 Å². The van der Waals surface area contributed by atoms with Crippen LogP contribution in [0.25, 0.3) is 0 Å². The summed E-state index contributed by atoms with van der Waals surface area (Å²) in [5.74, 6) is -0.933. The van der Waals surface area contributed by atoms with E-state index in [9.17, 15) is 19.3 Å². The van der Waals surface area contributed by atoms with E-state index < -0.39 is 16.6 Å². The topological polar surface area (TPSA) is 84.3 Å². The third kappa shape index (κ3) is 4.49. The minimum atomic E-state index is -0.503. The van der Waals surface area contributed by atoms with Gasteiger partial charge in [0.2, 0.25) is 0 Å². The zero-order valence-corrected chi connectivity index (χ0v) is 13.5. The molecule has 0 bridgehead atoms. The molecule has 0 heterocycles. The number of carbonyl (C=O) groups excluding carboxylic acids is 1. The van der Waals surface area contributed by atoms with E-state index in [1.165, 1.54) is 18.2 Å². The van der Waals surface area contributed by atoms with Crippen LogP contribution in [0.3, 0.4) is 0 Å². The van der Waals surface area contributed by atoms with E-state index in [4.69, 9.17) is 0 Å². The van der Waals surface area contributed by atoms with Gasteiger partial charge in [0.25, 0.3) is 11.6 Å². The monoisotopic (exact) mass is 381 g/mol. The molecule has 2 aromatic carbocycles. The third-order valence-electron chi connectivity index (χ3n) is 3.00. The van der Waals surface area contributed by atoms with Crippen LogP contribution in [0, 0.1) is 15.9 Å². The lowest BCUT2D eigenvalue weighted by molar-refractivity contribution is -0.384. The van der Waals surface area contributed by atoms with Crippen LogP contribution in [0.4, 0.5) is 15.8 Å². The van der Waals surface area contributed by atoms with Gasteiger partial charge in [0, 0.05) is 23.6 Å². The second-order valence-electron chi connectivity index (χ2n) is 4.58. The van der Waals surface area contributed by atoms with Gasteiger partial charge >= 0.3 is 0 Å². The second-order valence-corrected chi connectivity index (χ2v) is 5.44. The molecular weight excluding hydrogens is 369 g/mol. The Hall–Kier alpha value is -2.48. The molecule has 0 aromatic heterocycles. The van der Waals surface area contributed by atoms with Crippen molar-refractivity contribution in [3.8, 4) is 0 Å². The number of halogens is 2. The van der Waals surface area contributed by atoms with Crippen molar-refractivity contribution in [1.82, 2.24) is 5.32 Å². The van der Waals surface area contributed by atoms with Gasteiger partial charge in [-0.3, -0.25) is 14.9 Å². The molecule has 0 unspecified atom stereocenters. The molecule has 0 fully saturated rings. The molecule has 8 heteroatoms. The number of nitro benzene ring substituents is 1. The van der Waals surface area contributed by atoms with Crippen molar-refractivity contribution in [3.63, 3.8) is 0 Å². The normalized spacial score (nSPS) is 10.2. The number of benzene rings is 2. The Labute approximate surface area is 140 Å². The fourth-order valence-corrected chi connectivity index (χ4v) is 2.35. The quantitative estimate of drug-likeness (QED) is 0.456. The summed E-state index contributed by atoms with van der Waals surface area (Å²) in [4.78, 5) is 22.4. The predicted octanol–water partition coefficient (Wildman–Crippen LogP) is 3.34. The van der Waals surface area contributed by atoms with Crippen LogP contribution in [-0.2, 0) is 0 Å². The highest BCUT2D eigenvalue weighted by atomic mass is 79.9. The molecule has 0 spiro atoms. The number of nitro groups is 1. The number of amides is 1. The van der Waals surface area contributed by atoms with E-state index >= 15 is 0 Å². The predicted molar refractivity (Wildman–Crippen MR) is 88.0 cm³/mol. The number of hydrogen-bond donors (Lipinski definition) is 2. The summed E-state index contributed by atoms with van der Waals surface area (Å²) < 4.78 is 13.6. The van der Waals surface area contributed by atoms with E-state index in [0.29, 0.717) is 16.7 Å². The van der Waals surface area contributed by atoms with Crippen LogP contribution in [0.2, 0.25) is 0 Å². The first kappa shape index (κ1) is 16.9.